The summed E-state index contributed by atoms with van der Waals surface area (Å²) in [5, 5.41) is 9.19. The van der Waals surface area contributed by atoms with Crippen molar-refractivity contribution in [3.63, 3.8) is 0 Å². The van der Waals surface area contributed by atoms with Crippen molar-refractivity contribution in [2.75, 3.05) is 13.2 Å². The Hall–Kier alpha value is -1.42. The van der Waals surface area contributed by atoms with Gasteiger partial charge >= 0.3 is 0 Å². The van der Waals surface area contributed by atoms with E-state index in [2.05, 4.69) is 4.98 Å². The maximum absolute atomic E-state index is 12.2. The Morgan fingerprint density at radius 3 is 3.19 bits per heavy atom. The monoisotopic (exact) mass is 220 g/mol. The van der Waals surface area contributed by atoms with E-state index < -0.39 is 0 Å². The van der Waals surface area contributed by atoms with Crippen molar-refractivity contribution in [3.05, 3.63) is 29.6 Å². The number of carbonyl (C=O) groups is 1. The van der Waals surface area contributed by atoms with E-state index in [0.717, 1.165) is 24.9 Å². The standard InChI is InChI=1S/C12H16N2O2/c1-9-4-2-6-13-11(9)12(16)14-7-3-5-10(14)8-15/h2,4,6,10,15H,3,5,7-8H2,1H3/t10-/m1/s1. The molecule has 4 nitrogen and oxygen atoms in total. The van der Waals surface area contributed by atoms with Crippen LogP contribution in [0.15, 0.2) is 18.3 Å². The van der Waals surface area contributed by atoms with E-state index >= 15 is 0 Å². The van der Waals surface area contributed by atoms with Crippen LogP contribution < -0.4 is 0 Å². The molecule has 0 unspecified atom stereocenters. The van der Waals surface area contributed by atoms with Gasteiger partial charge in [-0.1, -0.05) is 6.07 Å². The number of hydrogen-bond donors (Lipinski definition) is 1. The van der Waals surface area contributed by atoms with E-state index in [0.29, 0.717) is 5.69 Å². The van der Waals surface area contributed by atoms with Crippen LogP contribution in [0.1, 0.15) is 28.9 Å². The van der Waals surface area contributed by atoms with Gasteiger partial charge in [0.15, 0.2) is 0 Å². The maximum atomic E-state index is 12.2. The topological polar surface area (TPSA) is 53.4 Å². The van der Waals surface area contributed by atoms with Crippen molar-refractivity contribution in [1.29, 1.82) is 0 Å². The van der Waals surface area contributed by atoms with Crippen LogP contribution in [-0.2, 0) is 0 Å². The van der Waals surface area contributed by atoms with Crippen LogP contribution in [0.4, 0.5) is 0 Å². The number of hydrogen-bond acceptors (Lipinski definition) is 3. The van der Waals surface area contributed by atoms with Gasteiger partial charge in [0.25, 0.3) is 5.91 Å². The first-order valence-electron chi connectivity index (χ1n) is 5.57. The summed E-state index contributed by atoms with van der Waals surface area (Å²) in [4.78, 5) is 18.0. The van der Waals surface area contributed by atoms with E-state index in [-0.39, 0.29) is 18.6 Å². The maximum Gasteiger partial charge on any atom is 0.273 e. The van der Waals surface area contributed by atoms with Gasteiger partial charge in [0.1, 0.15) is 5.69 Å². The third-order valence-electron chi connectivity index (χ3n) is 3.06. The number of nitrogens with zero attached hydrogens (tertiary/aromatic N) is 2. The highest BCUT2D eigenvalue weighted by Crippen LogP contribution is 2.19. The third-order valence-corrected chi connectivity index (χ3v) is 3.06. The van der Waals surface area contributed by atoms with Gasteiger partial charge in [0.05, 0.1) is 12.6 Å². The van der Waals surface area contributed by atoms with Crippen molar-refractivity contribution in [1.82, 2.24) is 9.88 Å². The van der Waals surface area contributed by atoms with E-state index in [1.165, 1.54) is 0 Å². The molecule has 2 rings (SSSR count). The van der Waals surface area contributed by atoms with Crippen LogP contribution in [0.2, 0.25) is 0 Å². The lowest BCUT2D eigenvalue weighted by Gasteiger charge is -2.23. The van der Waals surface area contributed by atoms with Crippen LogP contribution in [-0.4, -0.2) is 40.1 Å². The average molecular weight is 220 g/mol. The molecule has 1 aromatic rings. The van der Waals surface area contributed by atoms with Gasteiger partial charge in [-0.25, -0.2) is 0 Å². The van der Waals surface area contributed by atoms with Gasteiger partial charge in [0.2, 0.25) is 0 Å². The summed E-state index contributed by atoms with van der Waals surface area (Å²) in [6, 6.07) is 3.66. The first-order valence-corrected chi connectivity index (χ1v) is 5.57. The van der Waals surface area contributed by atoms with Gasteiger partial charge in [-0.15, -0.1) is 0 Å². The van der Waals surface area contributed by atoms with Gasteiger partial charge in [-0.2, -0.15) is 0 Å². The number of aromatic nitrogens is 1. The molecule has 0 bridgehead atoms. The summed E-state index contributed by atoms with van der Waals surface area (Å²) >= 11 is 0. The van der Waals surface area contributed by atoms with Gasteiger partial charge in [0, 0.05) is 12.7 Å². The quantitative estimate of drug-likeness (QED) is 0.808. The fraction of sp³-hybridized carbons (Fsp3) is 0.500. The van der Waals surface area contributed by atoms with Crippen LogP contribution in [0.5, 0.6) is 0 Å². The van der Waals surface area contributed by atoms with Crippen LogP contribution in [0.25, 0.3) is 0 Å². The highest BCUT2D eigenvalue weighted by Gasteiger charge is 2.29. The molecule has 1 aliphatic rings. The lowest BCUT2D eigenvalue weighted by atomic mass is 10.2. The Balaban J connectivity index is 2.22. The second-order valence-corrected chi connectivity index (χ2v) is 4.15. The molecule has 0 radical (unpaired) electrons. The molecular weight excluding hydrogens is 204 g/mol. The lowest BCUT2D eigenvalue weighted by Crippen LogP contribution is -2.38. The first-order chi connectivity index (χ1) is 7.74. The molecule has 4 heteroatoms. The Morgan fingerprint density at radius 1 is 1.69 bits per heavy atom. The smallest absolute Gasteiger partial charge is 0.273 e. The predicted molar refractivity (Wildman–Crippen MR) is 60.1 cm³/mol. The number of amides is 1. The largest absolute Gasteiger partial charge is 0.394 e. The van der Waals surface area contributed by atoms with Gasteiger partial charge < -0.3 is 10.0 Å². The van der Waals surface area contributed by atoms with Crippen LogP contribution in [0, 0.1) is 6.92 Å². The SMILES string of the molecule is Cc1cccnc1C(=O)N1CCC[C@@H]1CO. The Labute approximate surface area is 94.9 Å². The van der Waals surface area contributed by atoms with Crippen molar-refractivity contribution in [2.24, 2.45) is 0 Å². The minimum absolute atomic E-state index is 0.0334. The Kier molecular flexibility index (Phi) is 3.19. The zero-order valence-corrected chi connectivity index (χ0v) is 9.39. The Morgan fingerprint density at radius 2 is 2.50 bits per heavy atom. The molecule has 2 heterocycles. The fourth-order valence-electron chi connectivity index (χ4n) is 2.14. The highest BCUT2D eigenvalue weighted by molar-refractivity contribution is 5.94. The molecule has 1 N–H and O–H groups in total. The van der Waals surface area contributed by atoms with Crippen LogP contribution >= 0.6 is 0 Å². The lowest BCUT2D eigenvalue weighted by molar-refractivity contribution is 0.0671. The van der Waals surface area contributed by atoms with Crippen molar-refractivity contribution >= 4 is 5.91 Å². The molecule has 0 aliphatic carbocycles. The third kappa shape index (κ3) is 1.93. The zero-order chi connectivity index (χ0) is 11.5. The predicted octanol–water partition coefficient (Wildman–Crippen LogP) is 0.987. The highest BCUT2D eigenvalue weighted by atomic mass is 16.3. The molecule has 86 valence electrons. The Bertz CT molecular complexity index is 392. The molecule has 0 spiro atoms. The molecule has 1 fully saturated rings. The summed E-state index contributed by atoms with van der Waals surface area (Å²) in [7, 11) is 0. The molecule has 1 saturated heterocycles. The second-order valence-electron chi connectivity index (χ2n) is 4.15. The van der Waals surface area contributed by atoms with Gasteiger partial charge in [-0.3, -0.25) is 9.78 Å². The number of likely N-dealkylation sites (tertiary alicyclic amines) is 1. The van der Waals surface area contributed by atoms with Gasteiger partial charge in [-0.05, 0) is 31.4 Å². The summed E-state index contributed by atoms with van der Waals surface area (Å²) < 4.78 is 0. The van der Waals surface area contributed by atoms with E-state index in [4.69, 9.17) is 0 Å². The zero-order valence-electron chi connectivity index (χ0n) is 9.39. The van der Waals surface area contributed by atoms with Crippen molar-refractivity contribution in [3.8, 4) is 0 Å². The molecule has 0 saturated carbocycles. The number of aryl methyl sites for hydroxylation is 1. The average Bonchev–Trinajstić information content (AvgIpc) is 2.77. The first kappa shape index (κ1) is 11.1. The normalized spacial score (nSPS) is 20.1. The molecular formula is C12H16N2O2. The van der Waals surface area contributed by atoms with Crippen molar-refractivity contribution in [2.45, 2.75) is 25.8 Å². The van der Waals surface area contributed by atoms with Crippen LogP contribution in [0.3, 0.4) is 0 Å². The number of aliphatic hydroxyl groups excluding tert-OH is 1. The minimum Gasteiger partial charge on any atom is -0.394 e. The van der Waals surface area contributed by atoms with E-state index in [1.54, 1.807) is 11.1 Å². The minimum atomic E-state index is -0.0605. The number of rotatable bonds is 2. The summed E-state index contributed by atoms with van der Waals surface area (Å²) in [6.07, 6.45) is 3.47. The molecule has 16 heavy (non-hydrogen) atoms. The molecule has 1 aromatic heterocycles. The number of aliphatic hydroxyl groups is 1. The van der Waals surface area contributed by atoms with E-state index in [9.17, 15) is 9.90 Å². The van der Waals surface area contributed by atoms with E-state index in [1.807, 2.05) is 19.1 Å². The summed E-state index contributed by atoms with van der Waals surface area (Å²) in [5.74, 6) is -0.0605. The number of carbonyl (C=O) groups excluding carboxylic acids is 1. The number of pyridine rings is 1. The second kappa shape index (κ2) is 4.61. The van der Waals surface area contributed by atoms with Crippen molar-refractivity contribution < 1.29 is 9.90 Å². The molecule has 1 amide bonds. The summed E-state index contributed by atoms with van der Waals surface area (Å²) in [5.41, 5.74) is 1.39. The molecule has 0 aromatic carbocycles. The fourth-order valence-corrected chi connectivity index (χ4v) is 2.14. The molecule has 1 aliphatic heterocycles. The molecule has 1 atom stereocenters. The summed E-state index contributed by atoms with van der Waals surface area (Å²) in [6.45, 7) is 2.64.